The second kappa shape index (κ2) is 6.58. The van der Waals surface area contributed by atoms with Crippen LogP contribution in [0, 0.1) is 12.7 Å². The molecule has 3 N–H and O–H groups in total. The second-order valence-corrected chi connectivity index (χ2v) is 6.63. The Kier molecular flexibility index (Phi) is 5.01. The quantitative estimate of drug-likeness (QED) is 0.844. The van der Waals surface area contributed by atoms with Crippen LogP contribution >= 0.6 is 15.9 Å². The number of halogens is 2. The van der Waals surface area contributed by atoms with Gasteiger partial charge in [-0.1, -0.05) is 28.1 Å². The van der Waals surface area contributed by atoms with Crippen LogP contribution in [0.25, 0.3) is 0 Å². The molecular formula is C17H20BrFN2. The molecule has 2 aromatic carbocycles. The molecule has 1 unspecified atom stereocenters. The molecule has 0 aliphatic carbocycles. The third-order valence-electron chi connectivity index (χ3n) is 3.42. The fourth-order valence-electron chi connectivity index (χ4n) is 2.42. The topological polar surface area (TPSA) is 38.0 Å². The maximum atomic E-state index is 13.3. The van der Waals surface area contributed by atoms with Crippen LogP contribution in [0.4, 0.5) is 10.1 Å². The molecule has 1 atom stereocenters. The van der Waals surface area contributed by atoms with Crippen molar-refractivity contribution in [1.82, 2.24) is 0 Å². The van der Waals surface area contributed by atoms with Crippen LogP contribution in [0.5, 0.6) is 0 Å². The van der Waals surface area contributed by atoms with Crippen LogP contribution in [0.3, 0.4) is 0 Å². The van der Waals surface area contributed by atoms with E-state index in [4.69, 9.17) is 5.73 Å². The number of nitrogens with one attached hydrogen (secondary N) is 1. The Balaban J connectivity index is 2.20. The Labute approximate surface area is 133 Å². The maximum absolute atomic E-state index is 13.3. The second-order valence-electron chi connectivity index (χ2n) is 5.71. The molecule has 0 amide bonds. The van der Waals surface area contributed by atoms with Gasteiger partial charge in [0.15, 0.2) is 0 Å². The van der Waals surface area contributed by atoms with Gasteiger partial charge in [-0.3, -0.25) is 0 Å². The summed E-state index contributed by atoms with van der Waals surface area (Å²) in [5.41, 5.74) is 8.72. The highest BCUT2D eigenvalue weighted by Gasteiger charge is 2.23. The van der Waals surface area contributed by atoms with Crippen molar-refractivity contribution in [2.75, 3.05) is 11.9 Å². The summed E-state index contributed by atoms with van der Waals surface area (Å²) >= 11 is 3.50. The number of benzene rings is 2. The molecule has 0 spiro atoms. The van der Waals surface area contributed by atoms with Crippen LogP contribution < -0.4 is 11.1 Å². The molecule has 2 rings (SSSR count). The number of rotatable bonds is 5. The van der Waals surface area contributed by atoms with Gasteiger partial charge in [-0.15, -0.1) is 0 Å². The maximum Gasteiger partial charge on any atom is 0.123 e. The number of nitrogens with two attached hydrogens (primary N) is 1. The largest absolute Gasteiger partial charge is 0.378 e. The smallest absolute Gasteiger partial charge is 0.123 e. The average molecular weight is 351 g/mol. The summed E-state index contributed by atoms with van der Waals surface area (Å²) in [7, 11) is 0. The van der Waals surface area contributed by atoms with Crippen LogP contribution in [-0.4, -0.2) is 12.1 Å². The molecule has 0 aliphatic heterocycles. The molecular weight excluding hydrogens is 331 g/mol. The summed E-state index contributed by atoms with van der Waals surface area (Å²) in [5, 5.41) is 3.48. The highest BCUT2D eigenvalue weighted by Crippen LogP contribution is 2.24. The van der Waals surface area contributed by atoms with E-state index in [0.29, 0.717) is 13.0 Å². The lowest BCUT2D eigenvalue weighted by Crippen LogP contribution is -2.44. The molecule has 0 aromatic heterocycles. The van der Waals surface area contributed by atoms with Crippen molar-refractivity contribution in [2.24, 2.45) is 5.73 Å². The van der Waals surface area contributed by atoms with Crippen molar-refractivity contribution in [1.29, 1.82) is 0 Å². The van der Waals surface area contributed by atoms with Crippen molar-refractivity contribution in [3.63, 3.8) is 0 Å². The summed E-state index contributed by atoms with van der Waals surface area (Å²) < 4.78 is 14.3. The van der Waals surface area contributed by atoms with Gasteiger partial charge >= 0.3 is 0 Å². The molecule has 0 bridgehead atoms. The van der Waals surface area contributed by atoms with E-state index in [1.165, 1.54) is 6.07 Å². The first kappa shape index (κ1) is 16.0. The molecule has 2 nitrogen and oxygen atoms in total. The third kappa shape index (κ3) is 4.55. The molecule has 21 heavy (non-hydrogen) atoms. The van der Waals surface area contributed by atoms with Crippen molar-refractivity contribution >= 4 is 21.6 Å². The van der Waals surface area contributed by atoms with Crippen LogP contribution in [0.2, 0.25) is 0 Å². The lowest BCUT2D eigenvalue weighted by Gasteiger charge is -2.31. The van der Waals surface area contributed by atoms with Gasteiger partial charge in [0.1, 0.15) is 5.82 Å². The fraction of sp³-hybridized carbons (Fsp3) is 0.294. The van der Waals surface area contributed by atoms with Crippen LogP contribution in [-0.2, 0) is 6.42 Å². The first-order valence-electron chi connectivity index (χ1n) is 6.90. The predicted molar refractivity (Wildman–Crippen MR) is 90.1 cm³/mol. The Morgan fingerprint density at radius 2 is 2.00 bits per heavy atom. The molecule has 0 heterocycles. The van der Waals surface area contributed by atoms with E-state index >= 15 is 0 Å². The van der Waals surface area contributed by atoms with E-state index in [9.17, 15) is 4.39 Å². The van der Waals surface area contributed by atoms with Gasteiger partial charge in [-0.2, -0.15) is 0 Å². The molecule has 4 heteroatoms. The van der Waals surface area contributed by atoms with E-state index in [1.807, 2.05) is 26.0 Å². The van der Waals surface area contributed by atoms with Gasteiger partial charge in [0.25, 0.3) is 0 Å². The molecule has 2 aromatic rings. The minimum absolute atomic E-state index is 0.217. The fourth-order valence-corrected chi connectivity index (χ4v) is 3.03. The molecule has 0 radical (unpaired) electrons. The van der Waals surface area contributed by atoms with Gasteiger partial charge in [0.05, 0.1) is 5.54 Å². The lowest BCUT2D eigenvalue weighted by molar-refractivity contribution is 0.518. The number of anilines is 1. The molecule has 0 saturated heterocycles. The Bertz CT molecular complexity index is 610. The van der Waals surface area contributed by atoms with Crippen molar-refractivity contribution in [3.05, 3.63) is 63.9 Å². The summed E-state index contributed by atoms with van der Waals surface area (Å²) in [6, 6.07) is 12.8. The summed E-state index contributed by atoms with van der Waals surface area (Å²) in [6.07, 6.45) is 0.660. The summed E-state index contributed by atoms with van der Waals surface area (Å²) in [6.45, 7) is 4.55. The van der Waals surface area contributed by atoms with E-state index in [2.05, 4.69) is 33.4 Å². The van der Waals surface area contributed by atoms with Crippen LogP contribution in [0.1, 0.15) is 18.1 Å². The van der Waals surface area contributed by atoms with Gasteiger partial charge in [0, 0.05) is 16.7 Å². The zero-order chi connectivity index (χ0) is 15.5. The standard InChI is InChI=1S/C17H20BrFN2/c1-12-6-14(18)9-16(7-12)21-17(2,11-20)10-13-4-3-5-15(19)8-13/h3-9,21H,10-11,20H2,1-2H3. The van der Waals surface area contributed by atoms with Crippen molar-refractivity contribution < 1.29 is 4.39 Å². The van der Waals surface area contributed by atoms with E-state index in [0.717, 1.165) is 21.3 Å². The molecule has 0 aliphatic rings. The highest BCUT2D eigenvalue weighted by molar-refractivity contribution is 9.10. The molecule has 0 saturated carbocycles. The van der Waals surface area contributed by atoms with Gasteiger partial charge in [-0.25, -0.2) is 4.39 Å². The highest BCUT2D eigenvalue weighted by atomic mass is 79.9. The predicted octanol–water partition coefficient (Wildman–Crippen LogP) is 4.27. The summed E-state index contributed by atoms with van der Waals surface area (Å²) in [5.74, 6) is -0.217. The Hall–Kier alpha value is -1.39. The van der Waals surface area contributed by atoms with Gasteiger partial charge in [0.2, 0.25) is 0 Å². The first-order valence-corrected chi connectivity index (χ1v) is 7.69. The van der Waals surface area contributed by atoms with E-state index < -0.39 is 0 Å². The SMILES string of the molecule is Cc1cc(Br)cc(NC(C)(CN)Cc2cccc(F)c2)c1. The van der Waals surface area contributed by atoms with Crippen LogP contribution in [0.15, 0.2) is 46.9 Å². The first-order chi connectivity index (χ1) is 9.90. The normalized spacial score (nSPS) is 13.8. The van der Waals surface area contributed by atoms with Crippen molar-refractivity contribution in [3.8, 4) is 0 Å². The van der Waals surface area contributed by atoms with E-state index in [1.54, 1.807) is 12.1 Å². The Morgan fingerprint density at radius 3 is 2.62 bits per heavy atom. The molecule has 112 valence electrons. The zero-order valence-electron chi connectivity index (χ0n) is 12.3. The van der Waals surface area contributed by atoms with Gasteiger partial charge < -0.3 is 11.1 Å². The average Bonchev–Trinajstić information content (AvgIpc) is 2.37. The monoisotopic (exact) mass is 350 g/mol. The van der Waals surface area contributed by atoms with E-state index in [-0.39, 0.29) is 11.4 Å². The third-order valence-corrected chi connectivity index (χ3v) is 3.88. The van der Waals surface area contributed by atoms with Crippen molar-refractivity contribution in [2.45, 2.75) is 25.8 Å². The molecule has 0 fully saturated rings. The minimum atomic E-state index is -0.332. The zero-order valence-corrected chi connectivity index (χ0v) is 13.9. The number of hydrogen-bond acceptors (Lipinski definition) is 2. The Morgan fingerprint density at radius 1 is 1.24 bits per heavy atom. The minimum Gasteiger partial charge on any atom is -0.378 e. The summed E-state index contributed by atoms with van der Waals surface area (Å²) in [4.78, 5) is 0. The number of hydrogen-bond donors (Lipinski definition) is 2. The number of aryl methyl sites for hydroxylation is 1. The van der Waals surface area contributed by atoms with Gasteiger partial charge in [-0.05, 0) is 61.7 Å². The lowest BCUT2D eigenvalue weighted by atomic mass is 9.92.